The van der Waals surface area contributed by atoms with Gasteiger partial charge in [0.05, 0.1) is 6.10 Å². The molecule has 0 aliphatic heterocycles. The van der Waals surface area contributed by atoms with E-state index in [0.29, 0.717) is 11.8 Å². The summed E-state index contributed by atoms with van der Waals surface area (Å²) < 4.78 is 6.07. The third-order valence-electron chi connectivity index (χ3n) is 4.89. The van der Waals surface area contributed by atoms with Crippen molar-refractivity contribution >= 4 is 11.5 Å². The molecule has 2 heterocycles. The fourth-order valence-electron chi connectivity index (χ4n) is 3.55. The van der Waals surface area contributed by atoms with Gasteiger partial charge < -0.3 is 15.2 Å². The van der Waals surface area contributed by atoms with E-state index in [4.69, 9.17) is 4.74 Å². The van der Waals surface area contributed by atoms with Gasteiger partial charge in [0, 0.05) is 23.6 Å². The van der Waals surface area contributed by atoms with Gasteiger partial charge in [-0.3, -0.25) is 0 Å². The van der Waals surface area contributed by atoms with Crippen molar-refractivity contribution in [1.82, 2.24) is 9.97 Å². The summed E-state index contributed by atoms with van der Waals surface area (Å²) in [6.45, 7) is 0. The Bertz CT molecular complexity index is 868. The van der Waals surface area contributed by atoms with Crippen molar-refractivity contribution in [2.75, 3.05) is 5.32 Å². The summed E-state index contributed by atoms with van der Waals surface area (Å²) in [4.78, 5) is 8.70. The van der Waals surface area contributed by atoms with Gasteiger partial charge >= 0.3 is 0 Å². The third-order valence-corrected chi connectivity index (χ3v) is 4.89. The quantitative estimate of drug-likeness (QED) is 0.667. The Hall–Kier alpha value is -2.92. The highest BCUT2D eigenvalue weighted by Crippen LogP contribution is 2.38. The molecule has 0 amide bonds. The summed E-state index contributed by atoms with van der Waals surface area (Å²) in [6, 6.07) is 17.5. The normalized spacial score (nSPS) is 19.4. The molecular formula is C22H23N3O2. The van der Waals surface area contributed by atoms with Crippen molar-refractivity contribution in [3.8, 4) is 11.6 Å². The number of aliphatic hydroxyl groups excluding tert-OH is 1. The highest BCUT2D eigenvalue weighted by atomic mass is 16.5. The fraction of sp³-hybridized carbons (Fsp3) is 0.273. The third kappa shape index (κ3) is 4.44. The average molecular weight is 361 g/mol. The number of pyridine rings is 2. The molecule has 2 N–H and O–H groups in total. The lowest BCUT2D eigenvalue weighted by molar-refractivity contribution is 0.119. The van der Waals surface area contributed by atoms with E-state index < -0.39 is 0 Å². The lowest BCUT2D eigenvalue weighted by atomic mass is 9.83. The number of aliphatic hydroxyl groups is 1. The van der Waals surface area contributed by atoms with Crippen LogP contribution in [0.5, 0.6) is 11.6 Å². The minimum atomic E-state index is -0.228. The number of ether oxygens (including phenoxy) is 1. The number of benzene rings is 1. The number of aromatic nitrogens is 2. The van der Waals surface area contributed by atoms with Gasteiger partial charge in [-0.1, -0.05) is 18.6 Å². The number of hydrogen-bond donors (Lipinski definition) is 2. The fourth-order valence-corrected chi connectivity index (χ4v) is 3.55. The molecular weight excluding hydrogens is 338 g/mol. The van der Waals surface area contributed by atoms with E-state index in [2.05, 4.69) is 21.4 Å². The Labute approximate surface area is 159 Å². The molecule has 27 heavy (non-hydrogen) atoms. The second kappa shape index (κ2) is 8.18. The summed E-state index contributed by atoms with van der Waals surface area (Å²) in [5, 5.41) is 13.3. The summed E-state index contributed by atoms with van der Waals surface area (Å²) in [5.74, 6) is 2.46. The zero-order valence-electron chi connectivity index (χ0n) is 15.1. The largest absolute Gasteiger partial charge is 0.439 e. The van der Waals surface area contributed by atoms with Crippen LogP contribution >= 0.6 is 0 Å². The van der Waals surface area contributed by atoms with E-state index in [0.717, 1.165) is 48.5 Å². The molecule has 0 bridgehead atoms. The molecule has 3 aromatic rings. The van der Waals surface area contributed by atoms with Gasteiger partial charge in [0.2, 0.25) is 5.88 Å². The predicted octanol–water partition coefficient (Wildman–Crippen LogP) is 5.03. The first-order chi connectivity index (χ1) is 13.3. The molecule has 1 saturated carbocycles. The van der Waals surface area contributed by atoms with Gasteiger partial charge in [-0.15, -0.1) is 0 Å². The second-order valence-corrected chi connectivity index (χ2v) is 6.88. The van der Waals surface area contributed by atoms with E-state index in [1.54, 1.807) is 12.4 Å². The molecule has 2 aromatic heterocycles. The van der Waals surface area contributed by atoms with Gasteiger partial charge in [0.15, 0.2) is 0 Å². The molecule has 5 heteroatoms. The Kier molecular flexibility index (Phi) is 5.30. The molecule has 0 spiro atoms. The maximum absolute atomic E-state index is 10.00. The van der Waals surface area contributed by atoms with Crippen LogP contribution in [0.2, 0.25) is 0 Å². The van der Waals surface area contributed by atoms with Gasteiger partial charge in [-0.25, -0.2) is 9.97 Å². The lowest BCUT2D eigenvalue weighted by Crippen LogP contribution is -2.18. The van der Waals surface area contributed by atoms with Crippen molar-refractivity contribution in [1.29, 1.82) is 0 Å². The number of hydrogen-bond acceptors (Lipinski definition) is 5. The lowest BCUT2D eigenvalue weighted by Gasteiger charge is -2.27. The summed E-state index contributed by atoms with van der Waals surface area (Å²) >= 11 is 0. The van der Waals surface area contributed by atoms with Crippen molar-refractivity contribution in [3.05, 3.63) is 72.6 Å². The van der Waals surface area contributed by atoms with Crippen LogP contribution < -0.4 is 10.1 Å². The molecule has 1 aromatic carbocycles. The minimum Gasteiger partial charge on any atom is -0.439 e. The van der Waals surface area contributed by atoms with Crippen LogP contribution in [0.3, 0.4) is 0 Å². The summed E-state index contributed by atoms with van der Waals surface area (Å²) in [6.07, 6.45) is 7.03. The van der Waals surface area contributed by atoms with E-state index >= 15 is 0 Å². The molecule has 1 fully saturated rings. The highest BCUT2D eigenvalue weighted by Gasteiger charge is 2.24. The Morgan fingerprint density at radius 3 is 2.56 bits per heavy atom. The zero-order chi connectivity index (χ0) is 18.5. The first kappa shape index (κ1) is 17.5. The zero-order valence-corrected chi connectivity index (χ0v) is 15.1. The molecule has 1 aliphatic carbocycles. The molecule has 1 aliphatic rings. The molecule has 0 unspecified atom stereocenters. The van der Waals surface area contributed by atoms with Gasteiger partial charge in [-0.05, 0) is 67.6 Å². The van der Waals surface area contributed by atoms with E-state index in [9.17, 15) is 5.11 Å². The van der Waals surface area contributed by atoms with Crippen LogP contribution in [0.4, 0.5) is 11.5 Å². The van der Waals surface area contributed by atoms with Crippen molar-refractivity contribution in [3.63, 3.8) is 0 Å². The highest BCUT2D eigenvalue weighted by molar-refractivity contribution is 5.57. The predicted molar refractivity (Wildman–Crippen MR) is 105 cm³/mol. The Morgan fingerprint density at radius 1 is 0.926 bits per heavy atom. The Morgan fingerprint density at radius 2 is 1.78 bits per heavy atom. The van der Waals surface area contributed by atoms with Gasteiger partial charge in [-0.2, -0.15) is 0 Å². The molecule has 138 valence electrons. The number of rotatable bonds is 5. The van der Waals surface area contributed by atoms with Crippen molar-refractivity contribution < 1.29 is 9.84 Å². The maximum atomic E-state index is 10.00. The molecule has 2 atom stereocenters. The van der Waals surface area contributed by atoms with Crippen LogP contribution in [0, 0.1) is 0 Å². The molecule has 0 saturated heterocycles. The average Bonchev–Trinajstić information content (AvgIpc) is 2.71. The summed E-state index contributed by atoms with van der Waals surface area (Å²) in [5.41, 5.74) is 2.02. The van der Waals surface area contributed by atoms with E-state index in [-0.39, 0.29) is 6.10 Å². The van der Waals surface area contributed by atoms with E-state index in [1.165, 1.54) is 0 Å². The van der Waals surface area contributed by atoms with Crippen LogP contribution in [0.1, 0.15) is 37.2 Å². The van der Waals surface area contributed by atoms with Crippen molar-refractivity contribution in [2.24, 2.45) is 0 Å². The van der Waals surface area contributed by atoms with Gasteiger partial charge in [0.1, 0.15) is 11.6 Å². The number of nitrogens with zero attached hydrogens (tertiary/aromatic N) is 2. The Balaban J connectivity index is 1.48. The monoisotopic (exact) mass is 361 g/mol. The minimum absolute atomic E-state index is 0.228. The topological polar surface area (TPSA) is 67.3 Å². The first-order valence-corrected chi connectivity index (χ1v) is 9.37. The van der Waals surface area contributed by atoms with Crippen LogP contribution in [0.25, 0.3) is 0 Å². The second-order valence-electron chi connectivity index (χ2n) is 6.88. The van der Waals surface area contributed by atoms with Gasteiger partial charge in [0.25, 0.3) is 0 Å². The smallest absolute Gasteiger partial charge is 0.222 e. The molecule has 4 rings (SSSR count). The molecule has 5 nitrogen and oxygen atoms in total. The van der Waals surface area contributed by atoms with E-state index in [1.807, 2.05) is 48.5 Å². The first-order valence-electron chi connectivity index (χ1n) is 9.37. The maximum Gasteiger partial charge on any atom is 0.222 e. The molecule has 0 radical (unpaired) electrons. The SMILES string of the molecule is O[C@H]1CCC[C@@H](c2cccnc2Oc2ccc(Nc3ccccn3)cc2)C1. The summed E-state index contributed by atoms with van der Waals surface area (Å²) in [7, 11) is 0. The van der Waals surface area contributed by atoms with Crippen molar-refractivity contribution in [2.45, 2.75) is 37.7 Å². The van der Waals surface area contributed by atoms with Crippen LogP contribution in [0.15, 0.2) is 67.0 Å². The van der Waals surface area contributed by atoms with Crippen LogP contribution in [-0.4, -0.2) is 21.2 Å². The number of nitrogens with one attached hydrogen (secondary N) is 1. The van der Waals surface area contributed by atoms with Crippen LogP contribution in [-0.2, 0) is 0 Å². The number of anilines is 2. The standard InChI is InChI=1S/C22H23N3O2/c26-18-6-3-5-16(15-18)20-7-4-14-24-22(20)27-19-11-9-17(10-12-19)25-21-8-1-2-13-23-21/h1-2,4,7-14,16,18,26H,3,5-6,15H2,(H,23,25)/t16-,18+/m1/s1.